The van der Waals surface area contributed by atoms with Gasteiger partial charge in [-0.1, -0.05) is 157 Å². The molecular weight excluding hydrogens is 609 g/mol. The first-order chi connectivity index (χ1) is 21.7. The van der Waals surface area contributed by atoms with Crippen molar-refractivity contribution in [2.45, 2.75) is 155 Å². The summed E-state index contributed by atoms with van der Waals surface area (Å²) in [6, 6.07) is 13.1. The van der Waals surface area contributed by atoms with Crippen molar-refractivity contribution >= 4 is 20.8 Å². The largest absolute Gasteiger partial charge is 0.466 e. The van der Waals surface area contributed by atoms with E-state index in [1.807, 2.05) is 0 Å². The average molecular weight is 667 g/mol. The monoisotopic (exact) mass is 666 g/mol. The Morgan fingerprint density at radius 1 is 0.400 bits per heavy atom. The highest BCUT2D eigenvalue weighted by atomic mass is 32.3. The van der Waals surface area contributed by atoms with E-state index in [1.165, 1.54) is 127 Å². The fourth-order valence-electron chi connectivity index (χ4n) is 5.42. The summed E-state index contributed by atoms with van der Waals surface area (Å²) in [5, 5.41) is 0. The van der Waals surface area contributed by atoms with Crippen LogP contribution in [0.1, 0.15) is 153 Å². The number of hydrogen-bond donors (Lipinski definition) is 0. The van der Waals surface area contributed by atoms with Crippen molar-refractivity contribution in [3.05, 3.63) is 59.7 Å². The van der Waals surface area contributed by atoms with Gasteiger partial charge in [0.15, 0.2) is 0 Å². The molecule has 45 heavy (non-hydrogen) atoms. The highest BCUT2D eigenvalue weighted by molar-refractivity contribution is 7.95. The van der Waals surface area contributed by atoms with Crippen LogP contribution >= 0.6 is 0 Å². The van der Waals surface area contributed by atoms with Crippen LogP contribution < -0.4 is 8.37 Å². The molecule has 0 saturated heterocycles. The molecule has 9 heteroatoms. The van der Waals surface area contributed by atoms with E-state index in [2.05, 4.69) is 17.5 Å². The lowest BCUT2D eigenvalue weighted by molar-refractivity contribution is 0.351. The fourth-order valence-corrected chi connectivity index (χ4v) is 7.15. The minimum atomic E-state index is -4.91. The molecular formula is C36H58O7S2. The molecule has 0 aliphatic heterocycles. The van der Waals surface area contributed by atoms with Gasteiger partial charge in [-0.3, -0.25) is 0 Å². The zero-order chi connectivity index (χ0) is 32.6. The van der Waals surface area contributed by atoms with Crippen LogP contribution in [0.2, 0.25) is 0 Å². The summed E-state index contributed by atoms with van der Waals surface area (Å²) in [5.74, 6) is -0.0679. The van der Waals surface area contributed by atoms with E-state index >= 15 is 0 Å². The summed E-state index contributed by atoms with van der Waals surface area (Å²) in [6.07, 6.45) is 27.1. The predicted molar refractivity (Wildman–Crippen MR) is 184 cm³/mol. The van der Waals surface area contributed by atoms with Gasteiger partial charge in [0, 0.05) is 0 Å². The quantitative estimate of drug-likeness (QED) is 0.0834. The van der Waals surface area contributed by atoms with Crippen LogP contribution in [0.3, 0.4) is 0 Å². The molecule has 0 radical (unpaired) electrons. The Hall–Kier alpha value is -2.10. The Balaban J connectivity index is 1.64. The second-order valence-corrected chi connectivity index (χ2v) is 14.7. The normalized spacial score (nSPS) is 12.0. The van der Waals surface area contributed by atoms with Crippen LogP contribution in [0.4, 0.5) is 0 Å². The molecule has 0 atom stereocenters. The second kappa shape index (κ2) is 23.3. The van der Waals surface area contributed by atoms with Crippen molar-refractivity contribution in [2.75, 3.05) is 0 Å². The first-order valence-electron chi connectivity index (χ1n) is 17.5. The molecule has 2 aromatic carbocycles. The average Bonchev–Trinajstić information content (AvgIpc) is 2.99. The second-order valence-electron chi connectivity index (χ2n) is 12.2. The molecule has 2 aromatic rings. The van der Waals surface area contributed by atoms with Crippen molar-refractivity contribution in [1.82, 2.24) is 0 Å². The van der Waals surface area contributed by atoms with Gasteiger partial charge in [-0.25, -0.2) is 0 Å². The smallest absolute Gasteiger partial charge is 0.361 e. The van der Waals surface area contributed by atoms with E-state index in [0.29, 0.717) is 0 Å². The molecule has 0 amide bonds. The SMILES string of the molecule is CCCCCCCCCCCCc1ccc(OS(=O)(=O)OS(=O)(=O)Oc2ccc(CCCCCCCCCCCC)cc2)cc1. The number of benzene rings is 2. The third-order valence-corrected chi connectivity index (χ3v) is 10.2. The van der Waals surface area contributed by atoms with Crippen molar-refractivity contribution in [3.63, 3.8) is 0 Å². The van der Waals surface area contributed by atoms with Crippen molar-refractivity contribution in [1.29, 1.82) is 0 Å². The molecule has 0 aromatic heterocycles. The molecule has 0 spiro atoms. The van der Waals surface area contributed by atoms with E-state index in [1.54, 1.807) is 24.3 Å². The molecule has 7 nitrogen and oxygen atoms in total. The lowest BCUT2D eigenvalue weighted by Crippen LogP contribution is -2.22. The van der Waals surface area contributed by atoms with E-state index in [-0.39, 0.29) is 11.5 Å². The van der Waals surface area contributed by atoms with E-state index in [0.717, 1.165) is 49.7 Å². The summed E-state index contributed by atoms with van der Waals surface area (Å²) < 4.78 is 63.1. The van der Waals surface area contributed by atoms with Crippen LogP contribution in [-0.4, -0.2) is 16.8 Å². The van der Waals surface area contributed by atoms with Gasteiger partial charge >= 0.3 is 20.8 Å². The Kier molecular flexibility index (Phi) is 20.2. The maximum atomic E-state index is 12.3. The molecule has 0 bridgehead atoms. The molecule has 0 aliphatic carbocycles. The first kappa shape index (κ1) is 39.1. The highest BCUT2D eigenvalue weighted by Gasteiger charge is 2.27. The zero-order valence-electron chi connectivity index (χ0n) is 27.8. The third kappa shape index (κ3) is 19.9. The van der Waals surface area contributed by atoms with E-state index < -0.39 is 20.8 Å². The van der Waals surface area contributed by atoms with Gasteiger partial charge in [0.2, 0.25) is 0 Å². The lowest BCUT2D eigenvalue weighted by Gasteiger charge is -2.09. The summed E-state index contributed by atoms with van der Waals surface area (Å²) in [6.45, 7) is 4.47. The summed E-state index contributed by atoms with van der Waals surface area (Å²) >= 11 is 0. The van der Waals surface area contributed by atoms with Gasteiger partial charge in [-0.2, -0.15) is 16.8 Å². The van der Waals surface area contributed by atoms with Gasteiger partial charge < -0.3 is 8.37 Å². The van der Waals surface area contributed by atoms with Crippen LogP contribution in [0.25, 0.3) is 0 Å². The first-order valence-corrected chi connectivity index (χ1v) is 20.2. The van der Waals surface area contributed by atoms with Gasteiger partial charge in [-0.15, -0.1) is 0 Å². The third-order valence-electron chi connectivity index (χ3n) is 8.05. The van der Waals surface area contributed by atoms with E-state index in [4.69, 9.17) is 8.37 Å². The number of rotatable bonds is 28. The summed E-state index contributed by atoms with van der Waals surface area (Å²) in [7, 11) is -9.82. The minimum Gasteiger partial charge on any atom is -0.361 e. The van der Waals surface area contributed by atoms with Crippen LogP contribution in [0.15, 0.2) is 48.5 Å². The van der Waals surface area contributed by atoms with E-state index in [9.17, 15) is 16.8 Å². The Morgan fingerprint density at radius 2 is 0.667 bits per heavy atom. The topological polar surface area (TPSA) is 96.0 Å². The maximum Gasteiger partial charge on any atom is 0.466 e. The molecule has 0 unspecified atom stereocenters. The van der Waals surface area contributed by atoms with Gasteiger partial charge in [0.1, 0.15) is 11.5 Å². The molecule has 2 rings (SSSR count). The Morgan fingerprint density at radius 3 is 0.956 bits per heavy atom. The number of aryl methyl sites for hydroxylation is 2. The maximum absolute atomic E-state index is 12.3. The summed E-state index contributed by atoms with van der Waals surface area (Å²) in [4.78, 5) is 0. The predicted octanol–water partition coefficient (Wildman–Crippen LogP) is 10.6. The van der Waals surface area contributed by atoms with Crippen molar-refractivity contribution < 1.29 is 28.8 Å². The molecule has 0 fully saturated rings. The molecule has 256 valence electrons. The van der Waals surface area contributed by atoms with Crippen molar-refractivity contribution in [3.8, 4) is 11.5 Å². The van der Waals surface area contributed by atoms with Crippen LogP contribution in [0.5, 0.6) is 11.5 Å². The molecule has 0 heterocycles. The Bertz CT molecular complexity index is 1130. The lowest BCUT2D eigenvalue weighted by atomic mass is 10.0. The molecule has 0 saturated carbocycles. The van der Waals surface area contributed by atoms with Crippen LogP contribution in [-0.2, 0) is 37.3 Å². The van der Waals surface area contributed by atoms with Gasteiger partial charge in [0.05, 0.1) is 0 Å². The van der Waals surface area contributed by atoms with Crippen LogP contribution in [0, 0.1) is 0 Å². The van der Waals surface area contributed by atoms with Crippen molar-refractivity contribution in [2.24, 2.45) is 0 Å². The molecule has 0 aliphatic rings. The van der Waals surface area contributed by atoms with Gasteiger partial charge in [-0.05, 0) is 61.1 Å². The zero-order valence-corrected chi connectivity index (χ0v) is 29.5. The van der Waals surface area contributed by atoms with Gasteiger partial charge in [0.25, 0.3) is 0 Å². The Labute approximate surface area is 275 Å². The standard InChI is InChI=1S/C36H58O7S2/c1-3-5-7-9-11-13-15-17-19-21-23-33-25-29-35(30-26-33)41-44(37,38)43-45(39,40)42-36-31-27-34(28-32-36)24-22-20-18-16-14-12-10-8-6-4-2/h25-32H,3-24H2,1-2H3. The summed E-state index contributed by atoms with van der Waals surface area (Å²) in [5.41, 5.74) is 2.13. The highest BCUT2D eigenvalue weighted by Crippen LogP contribution is 2.21. The minimum absolute atomic E-state index is 0.0339. The number of unbranched alkanes of at least 4 members (excludes halogenated alkanes) is 18. The fraction of sp³-hybridized carbons (Fsp3) is 0.667. The number of hydrogen-bond acceptors (Lipinski definition) is 7. The molecule has 0 N–H and O–H groups in total.